The van der Waals surface area contributed by atoms with Gasteiger partial charge >= 0.3 is 6.03 Å². The first kappa shape index (κ1) is 19.9. The van der Waals surface area contributed by atoms with Crippen LogP contribution in [0.15, 0.2) is 18.2 Å². The van der Waals surface area contributed by atoms with Gasteiger partial charge in [-0.2, -0.15) is 0 Å². The first-order valence-corrected chi connectivity index (χ1v) is 10.2. The number of anilines is 1. The maximum atomic E-state index is 13.2. The minimum atomic E-state index is -1.01. The van der Waals surface area contributed by atoms with Crippen molar-refractivity contribution in [3.63, 3.8) is 0 Å². The molecule has 0 spiro atoms. The largest absolute Gasteiger partial charge is 0.335 e. The zero-order valence-corrected chi connectivity index (χ0v) is 15.7. The Balaban J connectivity index is 1.44. The first-order chi connectivity index (χ1) is 12.9. The molecule has 3 rings (SSSR count). The van der Waals surface area contributed by atoms with Crippen molar-refractivity contribution in [1.29, 1.82) is 0 Å². The fourth-order valence-electron chi connectivity index (χ4n) is 3.55. The number of thioether (sulfide) groups is 1. The third-order valence-electron chi connectivity index (χ3n) is 5.14. The molecular weight excluding hydrogens is 374 g/mol. The molecule has 3 amide bonds. The molecule has 4 N–H and O–H groups in total. The molecule has 6 nitrogen and oxygen atoms in total. The van der Waals surface area contributed by atoms with Crippen LogP contribution in [-0.4, -0.2) is 47.1 Å². The molecule has 2 fully saturated rings. The second-order valence-electron chi connectivity index (χ2n) is 7.00. The number of nitrogens with two attached hydrogens (primary N) is 1. The Hall–Kier alpha value is -1.87. The van der Waals surface area contributed by atoms with E-state index in [1.165, 1.54) is 6.07 Å². The molecule has 1 atom stereocenters. The minimum absolute atomic E-state index is 0.0208. The third-order valence-corrected chi connectivity index (χ3v) is 6.11. The van der Waals surface area contributed by atoms with Crippen LogP contribution in [0.1, 0.15) is 25.7 Å². The van der Waals surface area contributed by atoms with Gasteiger partial charge in [0.05, 0.1) is 11.9 Å². The Morgan fingerprint density at radius 2 is 1.93 bits per heavy atom. The Labute approximate surface area is 161 Å². The van der Waals surface area contributed by atoms with E-state index < -0.39 is 23.7 Å². The lowest BCUT2D eigenvalue weighted by Gasteiger charge is -2.33. The van der Waals surface area contributed by atoms with E-state index in [2.05, 4.69) is 10.6 Å². The number of hydrogen-bond acceptors (Lipinski definition) is 4. The molecule has 9 heteroatoms. The van der Waals surface area contributed by atoms with Crippen molar-refractivity contribution in [2.75, 3.05) is 23.5 Å². The molecular formula is C18H24F2N4O2S. The van der Waals surface area contributed by atoms with Crippen LogP contribution in [0, 0.1) is 17.6 Å². The number of carbonyl (C=O) groups excluding carboxylic acids is 2. The lowest BCUT2D eigenvalue weighted by molar-refractivity contribution is -0.132. The molecule has 27 heavy (non-hydrogen) atoms. The van der Waals surface area contributed by atoms with Crippen molar-refractivity contribution in [3.8, 4) is 0 Å². The number of amides is 3. The fourth-order valence-corrected chi connectivity index (χ4v) is 4.50. The Bertz CT molecular complexity index is 692. The topological polar surface area (TPSA) is 87.5 Å². The maximum Gasteiger partial charge on any atom is 0.319 e. The van der Waals surface area contributed by atoms with E-state index in [1.807, 2.05) is 4.90 Å². The van der Waals surface area contributed by atoms with Gasteiger partial charge in [-0.25, -0.2) is 13.6 Å². The van der Waals surface area contributed by atoms with Gasteiger partial charge in [0.1, 0.15) is 0 Å². The van der Waals surface area contributed by atoms with Crippen LogP contribution in [0.3, 0.4) is 0 Å². The van der Waals surface area contributed by atoms with Crippen molar-refractivity contribution < 1.29 is 18.4 Å². The van der Waals surface area contributed by atoms with Crippen LogP contribution in [-0.2, 0) is 4.79 Å². The molecule has 0 aromatic heterocycles. The first-order valence-electron chi connectivity index (χ1n) is 9.08. The standard InChI is InChI=1S/C18H24F2N4O2S/c19-14-6-5-13(9-15(14)20)23-18(26)22-12-3-1-11(2-4-12)16(21)17(25)24-7-8-27-10-24/h5-6,9,11-12,16H,1-4,7-8,10,21H2,(H2,22,23,26)/t11?,12?,16-/m0/s1. The van der Waals surface area contributed by atoms with Gasteiger partial charge in [0, 0.05) is 30.1 Å². The van der Waals surface area contributed by atoms with Gasteiger partial charge in [0.25, 0.3) is 0 Å². The van der Waals surface area contributed by atoms with Crippen molar-refractivity contribution in [1.82, 2.24) is 10.2 Å². The SMILES string of the molecule is N[C@H](C(=O)N1CCSC1)C1CCC(NC(=O)Nc2ccc(F)c(F)c2)CC1. The van der Waals surface area contributed by atoms with Crippen LogP contribution in [0.25, 0.3) is 0 Å². The summed E-state index contributed by atoms with van der Waals surface area (Å²) >= 11 is 1.73. The summed E-state index contributed by atoms with van der Waals surface area (Å²) in [6.07, 6.45) is 2.99. The molecule has 0 unspecified atom stereocenters. The van der Waals surface area contributed by atoms with Crippen LogP contribution >= 0.6 is 11.8 Å². The Morgan fingerprint density at radius 3 is 2.56 bits per heavy atom. The van der Waals surface area contributed by atoms with Crippen molar-refractivity contribution in [2.24, 2.45) is 11.7 Å². The average molecular weight is 398 g/mol. The summed E-state index contributed by atoms with van der Waals surface area (Å²) in [5.74, 6) is -0.153. The van der Waals surface area contributed by atoms with Gasteiger partial charge in [-0.05, 0) is 43.7 Å². The lowest BCUT2D eigenvalue weighted by Crippen LogP contribution is -2.49. The second-order valence-corrected chi connectivity index (χ2v) is 8.08. The Morgan fingerprint density at radius 1 is 1.19 bits per heavy atom. The monoisotopic (exact) mass is 398 g/mol. The zero-order chi connectivity index (χ0) is 19.4. The molecule has 1 aliphatic heterocycles. The molecule has 148 valence electrons. The van der Waals surface area contributed by atoms with E-state index in [4.69, 9.17) is 5.73 Å². The highest BCUT2D eigenvalue weighted by atomic mass is 32.2. The molecule has 1 aromatic rings. The molecule has 1 saturated carbocycles. The maximum absolute atomic E-state index is 13.2. The molecule has 1 aliphatic carbocycles. The summed E-state index contributed by atoms with van der Waals surface area (Å²) in [5.41, 5.74) is 6.37. The molecule has 1 heterocycles. The number of nitrogens with one attached hydrogen (secondary N) is 2. The summed E-state index contributed by atoms with van der Waals surface area (Å²) in [6, 6.07) is 2.23. The van der Waals surface area contributed by atoms with Crippen molar-refractivity contribution in [3.05, 3.63) is 29.8 Å². The normalized spacial score (nSPS) is 23.7. The molecule has 2 aliphatic rings. The van der Waals surface area contributed by atoms with Gasteiger partial charge in [-0.1, -0.05) is 0 Å². The van der Waals surface area contributed by atoms with E-state index >= 15 is 0 Å². The number of halogens is 2. The van der Waals surface area contributed by atoms with E-state index in [9.17, 15) is 18.4 Å². The van der Waals surface area contributed by atoms with Gasteiger partial charge in [-0.3, -0.25) is 4.79 Å². The third kappa shape index (κ3) is 5.10. The summed E-state index contributed by atoms with van der Waals surface area (Å²) in [5, 5.41) is 5.34. The smallest absolute Gasteiger partial charge is 0.319 e. The number of rotatable bonds is 4. The summed E-state index contributed by atoms with van der Waals surface area (Å²) in [6.45, 7) is 0.762. The molecule has 0 bridgehead atoms. The van der Waals surface area contributed by atoms with E-state index in [-0.39, 0.29) is 23.6 Å². The molecule has 1 aromatic carbocycles. The molecule has 1 saturated heterocycles. The van der Waals surface area contributed by atoms with Gasteiger partial charge in [0.15, 0.2) is 11.6 Å². The highest BCUT2D eigenvalue weighted by Crippen LogP contribution is 2.28. The van der Waals surface area contributed by atoms with Crippen LogP contribution < -0.4 is 16.4 Å². The highest BCUT2D eigenvalue weighted by molar-refractivity contribution is 7.99. The van der Waals surface area contributed by atoms with Crippen LogP contribution in [0.5, 0.6) is 0 Å². The second kappa shape index (κ2) is 8.88. The van der Waals surface area contributed by atoms with Crippen LogP contribution in [0.2, 0.25) is 0 Å². The number of urea groups is 1. The lowest BCUT2D eigenvalue weighted by atomic mass is 9.81. The minimum Gasteiger partial charge on any atom is -0.335 e. The highest BCUT2D eigenvalue weighted by Gasteiger charge is 2.33. The quantitative estimate of drug-likeness (QED) is 0.727. The van der Waals surface area contributed by atoms with E-state index in [1.54, 1.807) is 11.8 Å². The van der Waals surface area contributed by atoms with E-state index in [0.717, 1.165) is 50.1 Å². The predicted octanol–water partition coefficient (Wildman–Crippen LogP) is 2.51. The van der Waals surface area contributed by atoms with E-state index in [0.29, 0.717) is 5.88 Å². The number of benzene rings is 1. The van der Waals surface area contributed by atoms with Crippen molar-refractivity contribution in [2.45, 2.75) is 37.8 Å². The number of hydrogen-bond donors (Lipinski definition) is 3. The Kier molecular flexibility index (Phi) is 6.54. The fraction of sp³-hybridized carbons (Fsp3) is 0.556. The van der Waals surface area contributed by atoms with Crippen LogP contribution in [0.4, 0.5) is 19.3 Å². The number of nitrogens with zero attached hydrogens (tertiary/aromatic N) is 1. The number of carbonyl (C=O) groups is 2. The van der Waals surface area contributed by atoms with Gasteiger partial charge in [0.2, 0.25) is 5.91 Å². The summed E-state index contributed by atoms with van der Waals surface area (Å²) < 4.78 is 26.1. The average Bonchev–Trinajstić information content (AvgIpc) is 3.19. The zero-order valence-electron chi connectivity index (χ0n) is 14.9. The van der Waals surface area contributed by atoms with Gasteiger partial charge < -0.3 is 21.3 Å². The molecule has 0 radical (unpaired) electrons. The summed E-state index contributed by atoms with van der Waals surface area (Å²) in [4.78, 5) is 26.3. The van der Waals surface area contributed by atoms with Crippen molar-refractivity contribution >= 4 is 29.4 Å². The predicted molar refractivity (Wildman–Crippen MR) is 101 cm³/mol. The summed E-state index contributed by atoms with van der Waals surface area (Å²) in [7, 11) is 0. The van der Waals surface area contributed by atoms with Gasteiger partial charge in [-0.15, -0.1) is 11.8 Å².